The Morgan fingerprint density at radius 2 is 2.00 bits per heavy atom. The van der Waals surface area contributed by atoms with Crippen LogP contribution in [0.15, 0.2) is 18.3 Å². The van der Waals surface area contributed by atoms with Crippen molar-refractivity contribution < 1.29 is 9.59 Å². The lowest BCUT2D eigenvalue weighted by Gasteiger charge is -2.27. The SMILES string of the molecule is CC[C@H](C)[C@@H](NC(N)=O)C(=O)Nc1ccc(N2CCCCC2)nc1. The van der Waals surface area contributed by atoms with E-state index in [9.17, 15) is 9.59 Å². The molecule has 2 heterocycles. The highest BCUT2D eigenvalue weighted by atomic mass is 16.2. The average Bonchev–Trinajstić information content (AvgIpc) is 2.60. The second-order valence-corrected chi connectivity index (χ2v) is 6.31. The van der Waals surface area contributed by atoms with Gasteiger partial charge in [-0.25, -0.2) is 9.78 Å². The number of aromatic nitrogens is 1. The third kappa shape index (κ3) is 4.84. The molecule has 0 aliphatic carbocycles. The smallest absolute Gasteiger partial charge is 0.312 e. The maximum absolute atomic E-state index is 12.4. The van der Waals surface area contributed by atoms with E-state index in [0.717, 1.165) is 25.3 Å². The van der Waals surface area contributed by atoms with Crippen molar-refractivity contribution in [3.8, 4) is 0 Å². The van der Waals surface area contributed by atoms with E-state index in [2.05, 4.69) is 20.5 Å². The van der Waals surface area contributed by atoms with Gasteiger partial charge in [0.2, 0.25) is 5.91 Å². The standard InChI is InChI=1S/C17H27N5O2/c1-3-12(2)15(21-17(18)24)16(23)20-13-7-8-14(19-11-13)22-9-5-4-6-10-22/h7-8,11-12,15H,3-6,9-10H2,1-2H3,(H,20,23)(H3,18,21,24)/t12-,15+/m0/s1. The van der Waals surface area contributed by atoms with Crippen molar-refractivity contribution in [2.45, 2.75) is 45.6 Å². The molecular formula is C17H27N5O2. The zero-order chi connectivity index (χ0) is 17.5. The van der Waals surface area contributed by atoms with Crippen LogP contribution < -0.4 is 21.3 Å². The molecular weight excluding hydrogens is 306 g/mol. The first-order valence-corrected chi connectivity index (χ1v) is 8.59. The van der Waals surface area contributed by atoms with Crippen molar-refractivity contribution in [3.05, 3.63) is 18.3 Å². The van der Waals surface area contributed by atoms with Gasteiger partial charge in [-0.2, -0.15) is 0 Å². The Kier molecular flexibility index (Phi) is 6.40. The van der Waals surface area contributed by atoms with Gasteiger partial charge in [0.1, 0.15) is 11.9 Å². The maximum Gasteiger partial charge on any atom is 0.312 e. The average molecular weight is 333 g/mol. The molecule has 1 aliphatic heterocycles. The summed E-state index contributed by atoms with van der Waals surface area (Å²) in [5.41, 5.74) is 5.78. The van der Waals surface area contributed by atoms with E-state index in [1.54, 1.807) is 6.20 Å². The second kappa shape index (κ2) is 8.52. The molecule has 1 aromatic heterocycles. The highest BCUT2D eigenvalue weighted by Gasteiger charge is 2.25. The maximum atomic E-state index is 12.4. The number of hydrogen-bond acceptors (Lipinski definition) is 4. The number of nitrogens with zero attached hydrogens (tertiary/aromatic N) is 2. The van der Waals surface area contributed by atoms with E-state index in [1.807, 2.05) is 26.0 Å². The number of piperidine rings is 1. The van der Waals surface area contributed by atoms with Crippen LogP contribution in [0.25, 0.3) is 0 Å². The molecule has 0 unspecified atom stereocenters. The number of pyridine rings is 1. The molecule has 1 saturated heterocycles. The first-order valence-electron chi connectivity index (χ1n) is 8.59. The van der Waals surface area contributed by atoms with Gasteiger partial charge in [0, 0.05) is 13.1 Å². The Hall–Kier alpha value is -2.31. The predicted molar refractivity (Wildman–Crippen MR) is 94.9 cm³/mol. The van der Waals surface area contributed by atoms with Crippen LogP contribution in [0.5, 0.6) is 0 Å². The summed E-state index contributed by atoms with van der Waals surface area (Å²) in [4.78, 5) is 30.2. The zero-order valence-electron chi connectivity index (χ0n) is 14.4. The minimum Gasteiger partial charge on any atom is -0.357 e. The molecule has 0 spiro atoms. The zero-order valence-corrected chi connectivity index (χ0v) is 14.4. The van der Waals surface area contributed by atoms with Crippen molar-refractivity contribution in [2.75, 3.05) is 23.3 Å². The van der Waals surface area contributed by atoms with Crippen LogP contribution in [0.1, 0.15) is 39.5 Å². The molecule has 2 rings (SSSR count). The van der Waals surface area contributed by atoms with E-state index in [0.29, 0.717) is 5.69 Å². The number of carbonyl (C=O) groups excluding carboxylic acids is 2. The number of hydrogen-bond donors (Lipinski definition) is 3. The third-order valence-corrected chi connectivity index (χ3v) is 4.49. The van der Waals surface area contributed by atoms with Crippen molar-refractivity contribution in [3.63, 3.8) is 0 Å². The lowest BCUT2D eigenvalue weighted by atomic mass is 9.98. The fourth-order valence-electron chi connectivity index (χ4n) is 2.85. The molecule has 7 heteroatoms. The quantitative estimate of drug-likeness (QED) is 0.742. The minimum atomic E-state index is -0.700. The Labute approximate surface area is 143 Å². The third-order valence-electron chi connectivity index (χ3n) is 4.49. The normalized spacial score (nSPS) is 17.0. The first-order chi connectivity index (χ1) is 11.5. The highest BCUT2D eigenvalue weighted by molar-refractivity contribution is 5.97. The Morgan fingerprint density at radius 3 is 2.54 bits per heavy atom. The van der Waals surface area contributed by atoms with Crippen LogP contribution in [0, 0.1) is 5.92 Å². The van der Waals surface area contributed by atoms with E-state index in [1.165, 1.54) is 19.3 Å². The van der Waals surface area contributed by atoms with Crippen LogP contribution in [0.4, 0.5) is 16.3 Å². The summed E-state index contributed by atoms with van der Waals surface area (Å²) in [6, 6.07) is 2.40. The summed E-state index contributed by atoms with van der Waals surface area (Å²) in [6.45, 7) is 5.91. The van der Waals surface area contributed by atoms with Crippen molar-refractivity contribution in [2.24, 2.45) is 11.7 Å². The monoisotopic (exact) mass is 333 g/mol. The second-order valence-electron chi connectivity index (χ2n) is 6.31. The van der Waals surface area contributed by atoms with Gasteiger partial charge in [-0.1, -0.05) is 20.3 Å². The van der Waals surface area contributed by atoms with Crippen molar-refractivity contribution in [1.82, 2.24) is 10.3 Å². The topological polar surface area (TPSA) is 100 Å². The summed E-state index contributed by atoms with van der Waals surface area (Å²) < 4.78 is 0. The van der Waals surface area contributed by atoms with Crippen LogP contribution in [0.2, 0.25) is 0 Å². The molecule has 0 bridgehead atoms. The molecule has 0 radical (unpaired) electrons. The molecule has 0 aromatic carbocycles. The lowest BCUT2D eigenvalue weighted by molar-refractivity contribution is -0.119. The molecule has 2 atom stereocenters. The highest BCUT2D eigenvalue weighted by Crippen LogP contribution is 2.19. The van der Waals surface area contributed by atoms with E-state index >= 15 is 0 Å². The fraction of sp³-hybridized carbons (Fsp3) is 0.588. The number of amides is 3. The number of urea groups is 1. The fourth-order valence-corrected chi connectivity index (χ4v) is 2.85. The van der Waals surface area contributed by atoms with Crippen LogP contribution in [-0.4, -0.2) is 36.1 Å². The van der Waals surface area contributed by atoms with Gasteiger partial charge in [0.25, 0.3) is 0 Å². The number of nitrogens with two attached hydrogens (primary N) is 1. The van der Waals surface area contributed by atoms with Gasteiger partial charge >= 0.3 is 6.03 Å². The van der Waals surface area contributed by atoms with Crippen LogP contribution in [-0.2, 0) is 4.79 Å². The van der Waals surface area contributed by atoms with Gasteiger partial charge in [-0.3, -0.25) is 4.79 Å². The van der Waals surface area contributed by atoms with Gasteiger partial charge < -0.3 is 21.3 Å². The molecule has 3 amide bonds. The Bertz CT molecular complexity index is 555. The number of anilines is 2. The van der Waals surface area contributed by atoms with E-state index in [-0.39, 0.29) is 11.8 Å². The van der Waals surface area contributed by atoms with Crippen LogP contribution >= 0.6 is 0 Å². The number of nitrogens with one attached hydrogen (secondary N) is 2. The summed E-state index contributed by atoms with van der Waals surface area (Å²) >= 11 is 0. The summed E-state index contributed by atoms with van der Waals surface area (Å²) in [7, 11) is 0. The molecule has 4 N–H and O–H groups in total. The van der Waals surface area contributed by atoms with Gasteiger partial charge in [0.15, 0.2) is 0 Å². The largest absolute Gasteiger partial charge is 0.357 e. The van der Waals surface area contributed by atoms with Crippen molar-refractivity contribution >= 4 is 23.4 Å². The molecule has 0 saturated carbocycles. The molecule has 132 valence electrons. The predicted octanol–water partition coefficient (Wildman–Crippen LogP) is 2.09. The summed E-state index contributed by atoms with van der Waals surface area (Å²) in [5.74, 6) is 0.634. The number of primary amides is 1. The Morgan fingerprint density at radius 1 is 1.29 bits per heavy atom. The van der Waals surface area contributed by atoms with Gasteiger partial charge in [-0.15, -0.1) is 0 Å². The summed E-state index contributed by atoms with van der Waals surface area (Å²) in [6.07, 6.45) is 6.06. The molecule has 7 nitrogen and oxygen atoms in total. The van der Waals surface area contributed by atoms with E-state index in [4.69, 9.17) is 5.73 Å². The van der Waals surface area contributed by atoms with E-state index < -0.39 is 12.1 Å². The first kappa shape index (κ1) is 18.0. The molecule has 24 heavy (non-hydrogen) atoms. The molecule has 1 aromatic rings. The van der Waals surface area contributed by atoms with Crippen LogP contribution in [0.3, 0.4) is 0 Å². The minimum absolute atomic E-state index is 0.0157. The lowest BCUT2D eigenvalue weighted by Crippen LogP contribution is -2.49. The Balaban J connectivity index is 2.00. The number of rotatable bonds is 6. The molecule has 1 fully saturated rings. The molecule has 1 aliphatic rings. The van der Waals surface area contributed by atoms with Gasteiger partial charge in [0.05, 0.1) is 11.9 Å². The number of carbonyl (C=O) groups is 2. The van der Waals surface area contributed by atoms with Gasteiger partial charge in [-0.05, 0) is 37.3 Å². The summed E-state index contributed by atoms with van der Waals surface area (Å²) in [5, 5.41) is 5.31. The van der Waals surface area contributed by atoms with Crippen molar-refractivity contribution in [1.29, 1.82) is 0 Å².